The molecule has 0 spiro atoms. The molecule has 2 fully saturated rings. The molecule has 0 saturated heterocycles. The molecule has 40 heavy (non-hydrogen) atoms. The minimum atomic E-state index is -0.717. The van der Waals surface area contributed by atoms with E-state index >= 15 is 0 Å². The fourth-order valence-electron chi connectivity index (χ4n) is 4.65. The van der Waals surface area contributed by atoms with Crippen molar-refractivity contribution in [3.05, 3.63) is 129 Å². The number of para-hydroxylation sites is 1. The Kier molecular flexibility index (Phi) is 9.57. The second-order valence-corrected chi connectivity index (χ2v) is 10.7. The van der Waals surface area contributed by atoms with Gasteiger partial charge in [-0.15, -0.1) is 5.10 Å². The number of fused-ring (bicyclic) bond motifs is 1. The molecule has 1 aromatic heterocycles. The largest absolute Gasteiger partial charge is 2.00 e. The number of tetrazole rings is 1. The Morgan fingerprint density at radius 3 is 2.12 bits per heavy atom. The normalized spacial score (nSPS) is 21.2. The van der Waals surface area contributed by atoms with Gasteiger partial charge in [-0.05, 0) is 126 Å². The zero-order valence-electron chi connectivity index (χ0n) is 22.9. The number of carbonyl (C=O) groups is 1. The number of nitrogens with zero attached hydrogens (tertiary/aromatic N) is 4. The Morgan fingerprint density at radius 1 is 0.875 bits per heavy atom. The fraction of sp³-hybridized carbons (Fsp3) is 0.226. The Bertz CT molecular complexity index is 1250. The van der Waals surface area contributed by atoms with Crippen molar-refractivity contribution < 1.29 is 21.9 Å². The Balaban J connectivity index is 0.000000557. The van der Waals surface area contributed by atoms with E-state index in [1.54, 1.807) is 0 Å². The summed E-state index contributed by atoms with van der Waals surface area (Å²) in [5, 5.41) is 22.7. The maximum absolute atomic E-state index is 12.7. The first kappa shape index (κ1) is 30.1. The molecule has 2 saturated carbocycles. The first-order valence-electron chi connectivity index (χ1n) is 13.0. The third kappa shape index (κ3) is 6.69. The second kappa shape index (κ2) is 12.7. The minimum Gasteiger partial charge on any atom is -0.375 e. The molecule has 2 aromatic carbocycles. The summed E-state index contributed by atoms with van der Waals surface area (Å²) in [6.07, 6.45) is 18.1. The molecule has 204 valence electrons. The predicted molar refractivity (Wildman–Crippen MR) is 152 cm³/mol. The maximum atomic E-state index is 12.7. The van der Waals surface area contributed by atoms with Crippen LogP contribution in [0.3, 0.4) is 0 Å². The van der Waals surface area contributed by atoms with E-state index in [1.165, 1.54) is 0 Å². The van der Waals surface area contributed by atoms with Crippen LogP contribution < -0.4 is 16.0 Å². The topological polar surface area (TPSA) is 96.8 Å². The average molecular weight is 575 g/mol. The van der Waals surface area contributed by atoms with Gasteiger partial charge in [-0.2, -0.15) is 0 Å². The van der Waals surface area contributed by atoms with E-state index in [0.29, 0.717) is 5.56 Å². The summed E-state index contributed by atoms with van der Waals surface area (Å²) >= 11 is 0. The van der Waals surface area contributed by atoms with E-state index in [-0.39, 0.29) is 34.6 Å². The molecule has 3 aromatic rings. The third-order valence-electron chi connectivity index (χ3n) is 6.66. The molecule has 10 radical (unpaired) electrons. The number of anilines is 2. The van der Waals surface area contributed by atoms with E-state index in [2.05, 4.69) is 65.1 Å². The van der Waals surface area contributed by atoms with E-state index < -0.39 is 5.66 Å². The molecule has 2 heterocycles. The SMILES string of the molecule is CC1(c2ccc(NC([C]3[CH][CH][CH][CH]3)c3nnnn3C(C)(C)C)cc2)NC(=O)c2ccccc2N1.[CH]1[CH][CH][CH][CH]1.[Fe+2]. The van der Waals surface area contributed by atoms with Gasteiger partial charge in [0.1, 0.15) is 5.66 Å². The Morgan fingerprint density at radius 2 is 1.50 bits per heavy atom. The van der Waals surface area contributed by atoms with Crippen LogP contribution in [0, 0.1) is 63.7 Å². The van der Waals surface area contributed by atoms with Crippen LogP contribution in [0.1, 0.15) is 55.5 Å². The first-order valence-corrected chi connectivity index (χ1v) is 13.0. The van der Waals surface area contributed by atoms with Gasteiger partial charge in [-0.25, -0.2) is 4.68 Å². The zero-order chi connectivity index (χ0) is 27.5. The van der Waals surface area contributed by atoms with Crippen LogP contribution in [-0.4, -0.2) is 26.1 Å². The summed E-state index contributed by atoms with van der Waals surface area (Å²) in [4.78, 5) is 12.7. The number of benzene rings is 2. The van der Waals surface area contributed by atoms with Gasteiger partial charge in [0.25, 0.3) is 5.91 Å². The quantitative estimate of drug-likeness (QED) is 0.370. The van der Waals surface area contributed by atoms with Crippen molar-refractivity contribution in [3.63, 3.8) is 0 Å². The van der Waals surface area contributed by atoms with Crippen LogP contribution in [0.2, 0.25) is 0 Å². The number of rotatable bonds is 5. The Hall–Kier alpha value is -2.90. The summed E-state index contributed by atoms with van der Waals surface area (Å²) in [6.45, 7) is 8.20. The molecule has 2 unspecified atom stereocenters. The molecular formula is C31H33FeN7O+2. The number of amides is 1. The number of nitrogens with one attached hydrogen (secondary N) is 3. The zero-order valence-corrected chi connectivity index (χ0v) is 24.0. The summed E-state index contributed by atoms with van der Waals surface area (Å²) in [5.41, 5.74) is 2.36. The minimum absolute atomic E-state index is 0. The molecule has 3 aliphatic rings. The van der Waals surface area contributed by atoms with E-state index in [0.717, 1.165) is 28.7 Å². The number of aromatic nitrogens is 4. The van der Waals surface area contributed by atoms with Crippen molar-refractivity contribution in [1.29, 1.82) is 0 Å². The molecule has 2 aliphatic carbocycles. The van der Waals surface area contributed by atoms with Gasteiger partial charge < -0.3 is 16.0 Å². The van der Waals surface area contributed by atoms with Gasteiger partial charge >= 0.3 is 17.1 Å². The summed E-state index contributed by atoms with van der Waals surface area (Å²) in [5.74, 6) is 1.73. The summed E-state index contributed by atoms with van der Waals surface area (Å²) in [7, 11) is 0. The monoisotopic (exact) mass is 575 g/mol. The third-order valence-corrected chi connectivity index (χ3v) is 6.66. The molecular weight excluding hydrogens is 542 g/mol. The van der Waals surface area contributed by atoms with Crippen LogP contribution in [0.25, 0.3) is 0 Å². The number of carbonyl (C=O) groups excluding carboxylic acids is 1. The van der Waals surface area contributed by atoms with E-state index in [4.69, 9.17) is 0 Å². The van der Waals surface area contributed by atoms with Gasteiger partial charge in [-0.3, -0.25) is 4.79 Å². The van der Waals surface area contributed by atoms with Crippen LogP contribution in [-0.2, 0) is 28.3 Å². The standard InChI is InChI=1S/C26H28N7O.C5H5.Fe/c1-25(2,3)33-23(30-31-32-33)22(17-9-5-6-10-17)27-19-15-13-18(14-16-19)26(4)28-21-12-8-7-11-20(21)24(34)29-26;1-2-4-5-3-1;/h5-16,22,27-28H,1-4H3,(H,29,34);1-5H;/q;;+2. The van der Waals surface area contributed by atoms with Crippen molar-refractivity contribution in [2.24, 2.45) is 0 Å². The first-order chi connectivity index (χ1) is 18.7. The van der Waals surface area contributed by atoms with Gasteiger partial charge in [0, 0.05) is 17.3 Å². The van der Waals surface area contributed by atoms with E-state index in [9.17, 15) is 4.79 Å². The molecule has 8 nitrogen and oxygen atoms in total. The summed E-state index contributed by atoms with van der Waals surface area (Å²) < 4.78 is 1.85. The number of hydrogen-bond donors (Lipinski definition) is 3. The van der Waals surface area contributed by atoms with Gasteiger partial charge in [-0.1, -0.05) is 24.3 Å². The van der Waals surface area contributed by atoms with Crippen LogP contribution in [0.4, 0.5) is 11.4 Å². The van der Waals surface area contributed by atoms with Gasteiger partial charge in [0.05, 0.1) is 17.1 Å². The molecule has 1 aliphatic heterocycles. The van der Waals surface area contributed by atoms with Crippen LogP contribution in [0.15, 0.2) is 48.5 Å². The van der Waals surface area contributed by atoms with Crippen molar-refractivity contribution in [2.45, 2.75) is 44.9 Å². The van der Waals surface area contributed by atoms with Crippen molar-refractivity contribution in [2.75, 3.05) is 10.6 Å². The van der Waals surface area contributed by atoms with Crippen LogP contribution in [0.5, 0.6) is 0 Å². The molecule has 9 heteroatoms. The van der Waals surface area contributed by atoms with Crippen molar-refractivity contribution in [1.82, 2.24) is 25.5 Å². The molecule has 0 bridgehead atoms. The van der Waals surface area contributed by atoms with E-state index in [1.807, 2.05) is 105 Å². The molecule has 6 rings (SSSR count). The maximum Gasteiger partial charge on any atom is 2.00 e. The average Bonchev–Trinajstić information content (AvgIpc) is 3.71. The summed E-state index contributed by atoms with van der Waals surface area (Å²) in [6, 6.07) is 15.4. The fourth-order valence-corrected chi connectivity index (χ4v) is 4.65. The van der Waals surface area contributed by atoms with Crippen molar-refractivity contribution in [3.8, 4) is 0 Å². The van der Waals surface area contributed by atoms with Gasteiger partial charge in [0.15, 0.2) is 5.82 Å². The second-order valence-electron chi connectivity index (χ2n) is 10.7. The Labute approximate surface area is 248 Å². The molecule has 3 N–H and O–H groups in total. The molecule has 1 amide bonds. The smallest absolute Gasteiger partial charge is 0.375 e. The molecule has 2 atom stereocenters. The predicted octanol–water partition coefficient (Wildman–Crippen LogP) is 5.03. The van der Waals surface area contributed by atoms with Crippen molar-refractivity contribution >= 4 is 17.3 Å². The van der Waals surface area contributed by atoms with Crippen LogP contribution >= 0.6 is 0 Å². The number of hydrogen-bond acceptors (Lipinski definition) is 6. The van der Waals surface area contributed by atoms with Gasteiger partial charge in [0.2, 0.25) is 0 Å².